The highest BCUT2D eigenvalue weighted by molar-refractivity contribution is 5.92. The monoisotopic (exact) mass is 456 g/mol. The van der Waals surface area contributed by atoms with E-state index in [0.717, 1.165) is 54.6 Å². The van der Waals surface area contributed by atoms with Gasteiger partial charge in [0, 0.05) is 49.5 Å². The van der Waals surface area contributed by atoms with Gasteiger partial charge in [0.1, 0.15) is 12.1 Å². The molecule has 0 radical (unpaired) electrons. The van der Waals surface area contributed by atoms with Crippen LogP contribution in [-0.2, 0) is 17.8 Å². The lowest BCUT2D eigenvalue weighted by molar-refractivity contribution is -0.130. The van der Waals surface area contributed by atoms with Crippen LogP contribution in [0.15, 0.2) is 66.0 Å². The predicted molar refractivity (Wildman–Crippen MR) is 133 cm³/mol. The van der Waals surface area contributed by atoms with Crippen molar-refractivity contribution in [2.45, 2.75) is 39.2 Å². The molecular formula is C26H28N6O2. The van der Waals surface area contributed by atoms with E-state index in [-0.39, 0.29) is 11.6 Å². The molecule has 5 rings (SSSR count). The molecular weight excluding hydrogens is 428 g/mol. The van der Waals surface area contributed by atoms with E-state index in [4.69, 9.17) is 0 Å². The Labute approximate surface area is 197 Å². The molecule has 0 unspecified atom stereocenters. The summed E-state index contributed by atoms with van der Waals surface area (Å²) in [5.41, 5.74) is 3.53. The molecule has 1 aliphatic heterocycles. The van der Waals surface area contributed by atoms with Crippen molar-refractivity contribution in [3.05, 3.63) is 77.2 Å². The van der Waals surface area contributed by atoms with Crippen molar-refractivity contribution >= 4 is 28.3 Å². The number of nitrogens with zero attached hydrogens (tertiary/aromatic N) is 5. The van der Waals surface area contributed by atoms with Crippen molar-refractivity contribution < 1.29 is 4.79 Å². The van der Waals surface area contributed by atoms with Gasteiger partial charge in [-0.15, -0.1) is 0 Å². The highest BCUT2D eigenvalue weighted by Gasteiger charge is 2.18. The maximum atomic E-state index is 13.0. The van der Waals surface area contributed by atoms with Gasteiger partial charge in [-0.1, -0.05) is 19.1 Å². The van der Waals surface area contributed by atoms with Gasteiger partial charge in [0.2, 0.25) is 5.91 Å². The van der Waals surface area contributed by atoms with E-state index in [1.54, 1.807) is 21.5 Å². The van der Waals surface area contributed by atoms with E-state index < -0.39 is 0 Å². The second-order valence-corrected chi connectivity index (χ2v) is 8.58. The van der Waals surface area contributed by atoms with E-state index in [1.807, 2.05) is 35.2 Å². The summed E-state index contributed by atoms with van der Waals surface area (Å²) >= 11 is 0. The highest BCUT2D eigenvalue weighted by Crippen LogP contribution is 2.25. The first-order chi connectivity index (χ1) is 16.6. The second kappa shape index (κ2) is 9.51. The fourth-order valence-electron chi connectivity index (χ4n) is 4.42. The first kappa shape index (κ1) is 21.9. The minimum Gasteiger partial charge on any atom is -0.343 e. The fraction of sp³-hybridized carbons (Fsp3) is 0.308. The van der Waals surface area contributed by atoms with Crippen molar-refractivity contribution in [2.75, 3.05) is 18.4 Å². The van der Waals surface area contributed by atoms with Gasteiger partial charge in [-0.25, -0.2) is 14.8 Å². The first-order valence-electron chi connectivity index (χ1n) is 11.8. The molecule has 2 aromatic heterocycles. The first-order valence-corrected chi connectivity index (χ1v) is 11.8. The molecule has 4 aromatic rings. The minimum atomic E-state index is -0.171. The number of amides is 1. The third kappa shape index (κ3) is 4.44. The molecule has 1 N–H and O–H groups in total. The SMILES string of the molecule is CCc1cccc(Nc2ncnc3ccc(-n4ccn(CCC(=O)N5CCCC5)c4=O)cc23)c1. The second-order valence-electron chi connectivity index (χ2n) is 8.58. The number of aryl methyl sites for hydroxylation is 2. The van der Waals surface area contributed by atoms with Gasteiger partial charge in [0.25, 0.3) is 0 Å². The number of imidazole rings is 1. The molecule has 1 saturated heterocycles. The molecule has 8 nitrogen and oxygen atoms in total. The van der Waals surface area contributed by atoms with Crippen LogP contribution in [0.4, 0.5) is 11.5 Å². The van der Waals surface area contributed by atoms with Crippen molar-refractivity contribution in [3.8, 4) is 5.69 Å². The molecule has 3 heterocycles. The Bertz CT molecular complexity index is 1380. The molecule has 0 spiro atoms. The Morgan fingerprint density at radius 2 is 1.91 bits per heavy atom. The van der Waals surface area contributed by atoms with Crippen LogP contribution < -0.4 is 11.0 Å². The van der Waals surface area contributed by atoms with Crippen molar-refractivity contribution in [3.63, 3.8) is 0 Å². The fourth-order valence-corrected chi connectivity index (χ4v) is 4.42. The normalized spacial score (nSPS) is 13.5. The molecule has 8 heteroatoms. The van der Waals surface area contributed by atoms with Crippen molar-refractivity contribution in [2.24, 2.45) is 0 Å². The van der Waals surface area contributed by atoms with Crippen LogP contribution in [0.2, 0.25) is 0 Å². The van der Waals surface area contributed by atoms with Crippen LogP contribution in [0.3, 0.4) is 0 Å². The number of nitrogens with one attached hydrogen (secondary N) is 1. The molecule has 0 bridgehead atoms. The molecule has 0 aliphatic carbocycles. The summed E-state index contributed by atoms with van der Waals surface area (Å²) < 4.78 is 3.18. The minimum absolute atomic E-state index is 0.114. The number of rotatable bonds is 7. The number of benzene rings is 2. The number of aromatic nitrogens is 4. The summed E-state index contributed by atoms with van der Waals surface area (Å²) in [6, 6.07) is 13.9. The lowest BCUT2D eigenvalue weighted by Crippen LogP contribution is -2.30. The van der Waals surface area contributed by atoms with E-state index in [2.05, 4.69) is 34.3 Å². The van der Waals surface area contributed by atoms with E-state index in [1.165, 1.54) is 11.9 Å². The zero-order valence-corrected chi connectivity index (χ0v) is 19.3. The molecule has 174 valence electrons. The standard InChI is InChI=1S/C26H28N6O2/c1-2-19-6-5-7-20(16-19)29-25-22-17-21(8-9-23(22)27-18-28-25)32-15-14-31(26(32)34)13-10-24(33)30-11-3-4-12-30/h5-9,14-18H,2-4,10-13H2,1H3,(H,27,28,29). The molecule has 0 atom stereocenters. The summed E-state index contributed by atoms with van der Waals surface area (Å²) in [6.07, 6.45) is 8.43. The van der Waals surface area contributed by atoms with Gasteiger partial charge >= 0.3 is 5.69 Å². The molecule has 1 fully saturated rings. The maximum Gasteiger partial charge on any atom is 0.332 e. The van der Waals surface area contributed by atoms with Crippen LogP contribution >= 0.6 is 0 Å². The number of fused-ring (bicyclic) bond motifs is 1. The summed E-state index contributed by atoms with van der Waals surface area (Å²) in [7, 11) is 0. The van der Waals surface area contributed by atoms with Crippen LogP contribution in [0.25, 0.3) is 16.6 Å². The average Bonchev–Trinajstić information content (AvgIpc) is 3.53. The zero-order valence-electron chi connectivity index (χ0n) is 19.3. The van der Waals surface area contributed by atoms with E-state index >= 15 is 0 Å². The van der Waals surface area contributed by atoms with Gasteiger partial charge in [0.15, 0.2) is 0 Å². The summed E-state index contributed by atoms with van der Waals surface area (Å²) in [4.78, 5) is 36.1. The van der Waals surface area contributed by atoms with Crippen LogP contribution in [0, 0.1) is 0 Å². The summed E-state index contributed by atoms with van der Waals surface area (Å²) in [5, 5.41) is 4.22. The Kier molecular flexibility index (Phi) is 6.12. The number of anilines is 2. The Balaban J connectivity index is 1.40. The van der Waals surface area contributed by atoms with Crippen LogP contribution in [0.1, 0.15) is 31.7 Å². The van der Waals surface area contributed by atoms with Crippen LogP contribution in [0.5, 0.6) is 0 Å². The predicted octanol–water partition coefficient (Wildman–Crippen LogP) is 3.90. The highest BCUT2D eigenvalue weighted by atomic mass is 16.2. The molecule has 0 saturated carbocycles. The topological polar surface area (TPSA) is 85.1 Å². The number of hydrogen-bond donors (Lipinski definition) is 1. The Morgan fingerprint density at radius 3 is 2.74 bits per heavy atom. The average molecular weight is 457 g/mol. The molecule has 1 aliphatic rings. The molecule has 2 aromatic carbocycles. The quantitative estimate of drug-likeness (QED) is 0.456. The lowest BCUT2D eigenvalue weighted by atomic mass is 10.1. The van der Waals surface area contributed by atoms with E-state index in [9.17, 15) is 9.59 Å². The van der Waals surface area contributed by atoms with Gasteiger partial charge < -0.3 is 10.2 Å². The third-order valence-corrected chi connectivity index (χ3v) is 6.37. The number of hydrogen-bond acceptors (Lipinski definition) is 5. The summed E-state index contributed by atoms with van der Waals surface area (Å²) in [6.45, 7) is 4.15. The molecule has 1 amide bonds. The number of carbonyl (C=O) groups excluding carboxylic acids is 1. The van der Waals surface area contributed by atoms with Crippen LogP contribution in [-0.4, -0.2) is 43.0 Å². The largest absolute Gasteiger partial charge is 0.343 e. The Morgan fingerprint density at radius 1 is 1.06 bits per heavy atom. The van der Waals surface area contributed by atoms with Gasteiger partial charge in [0.05, 0.1) is 11.2 Å². The number of carbonyl (C=O) groups is 1. The van der Waals surface area contributed by atoms with Gasteiger partial charge in [-0.2, -0.15) is 0 Å². The summed E-state index contributed by atoms with van der Waals surface area (Å²) in [5.74, 6) is 0.798. The third-order valence-electron chi connectivity index (χ3n) is 6.37. The van der Waals surface area contributed by atoms with Gasteiger partial charge in [-0.05, 0) is 55.2 Å². The maximum absolute atomic E-state index is 13.0. The number of likely N-dealkylation sites (tertiary alicyclic amines) is 1. The van der Waals surface area contributed by atoms with Gasteiger partial charge in [-0.3, -0.25) is 13.9 Å². The zero-order chi connectivity index (χ0) is 23.5. The van der Waals surface area contributed by atoms with Crippen molar-refractivity contribution in [1.29, 1.82) is 0 Å². The lowest BCUT2D eigenvalue weighted by Gasteiger charge is -2.14. The van der Waals surface area contributed by atoms with E-state index in [0.29, 0.717) is 18.8 Å². The Hall–Kier alpha value is -3.94. The molecule has 34 heavy (non-hydrogen) atoms. The van der Waals surface area contributed by atoms with Crippen molar-refractivity contribution in [1.82, 2.24) is 24.0 Å². The smallest absolute Gasteiger partial charge is 0.332 e.